The zero-order chi connectivity index (χ0) is 15.1. The standard InChI is InChI=1S/C14H29N3O2/c1-6-11(8-12(15)17-19)16-13(18)7-10(2)9-14(3,4)5/h10-11,19H,6-9H2,1-5H3,(H2,15,17)(H,16,18). The van der Waals surface area contributed by atoms with Crippen LogP contribution in [0.1, 0.15) is 60.3 Å². The lowest BCUT2D eigenvalue weighted by atomic mass is 9.84. The third-order valence-electron chi connectivity index (χ3n) is 2.94. The van der Waals surface area contributed by atoms with Gasteiger partial charge in [0, 0.05) is 18.9 Å². The van der Waals surface area contributed by atoms with Crippen LogP contribution in [0.3, 0.4) is 0 Å². The van der Waals surface area contributed by atoms with Crippen molar-refractivity contribution in [1.82, 2.24) is 5.32 Å². The number of carbonyl (C=O) groups is 1. The van der Waals surface area contributed by atoms with Gasteiger partial charge in [-0.15, -0.1) is 0 Å². The smallest absolute Gasteiger partial charge is 0.220 e. The van der Waals surface area contributed by atoms with Crippen molar-refractivity contribution < 1.29 is 10.0 Å². The number of oxime groups is 1. The van der Waals surface area contributed by atoms with Crippen LogP contribution in [0.25, 0.3) is 0 Å². The highest BCUT2D eigenvalue weighted by atomic mass is 16.4. The molecule has 0 saturated heterocycles. The zero-order valence-corrected chi connectivity index (χ0v) is 12.9. The van der Waals surface area contributed by atoms with Crippen LogP contribution in [0.2, 0.25) is 0 Å². The summed E-state index contributed by atoms with van der Waals surface area (Å²) in [6.07, 6.45) is 2.67. The van der Waals surface area contributed by atoms with E-state index in [1.54, 1.807) is 0 Å². The van der Waals surface area contributed by atoms with E-state index >= 15 is 0 Å². The molecule has 0 heterocycles. The predicted octanol–water partition coefficient (Wildman–Crippen LogP) is 2.48. The first-order chi connectivity index (χ1) is 8.67. The van der Waals surface area contributed by atoms with Crippen molar-refractivity contribution >= 4 is 11.7 Å². The van der Waals surface area contributed by atoms with Gasteiger partial charge < -0.3 is 16.3 Å². The van der Waals surface area contributed by atoms with Crippen LogP contribution in [0.15, 0.2) is 5.16 Å². The summed E-state index contributed by atoms with van der Waals surface area (Å²) < 4.78 is 0. The van der Waals surface area contributed by atoms with E-state index < -0.39 is 0 Å². The highest BCUT2D eigenvalue weighted by molar-refractivity contribution is 5.82. The molecule has 0 fully saturated rings. The largest absolute Gasteiger partial charge is 0.409 e. The van der Waals surface area contributed by atoms with Gasteiger partial charge in [-0.2, -0.15) is 0 Å². The number of carbonyl (C=O) groups excluding carboxylic acids is 1. The fourth-order valence-corrected chi connectivity index (χ4v) is 2.31. The molecule has 2 atom stereocenters. The van der Waals surface area contributed by atoms with Gasteiger partial charge >= 0.3 is 0 Å². The van der Waals surface area contributed by atoms with E-state index in [2.05, 4.69) is 38.2 Å². The molecule has 0 bridgehead atoms. The Morgan fingerprint density at radius 2 is 1.95 bits per heavy atom. The summed E-state index contributed by atoms with van der Waals surface area (Å²) in [7, 11) is 0. The molecular weight excluding hydrogens is 242 g/mol. The molecule has 112 valence electrons. The number of rotatable bonds is 7. The van der Waals surface area contributed by atoms with Gasteiger partial charge in [-0.1, -0.05) is 39.8 Å². The first kappa shape index (κ1) is 17.7. The summed E-state index contributed by atoms with van der Waals surface area (Å²) in [6, 6.07) is -0.0646. The second kappa shape index (κ2) is 8.02. The van der Waals surface area contributed by atoms with E-state index in [0.717, 1.165) is 12.8 Å². The zero-order valence-electron chi connectivity index (χ0n) is 12.9. The van der Waals surface area contributed by atoms with Gasteiger partial charge in [-0.05, 0) is 24.2 Å². The SMILES string of the molecule is CCC(CC(N)=NO)NC(=O)CC(C)CC(C)(C)C. The molecule has 0 aliphatic rings. The fraction of sp³-hybridized carbons (Fsp3) is 0.857. The van der Waals surface area contributed by atoms with Crippen LogP contribution >= 0.6 is 0 Å². The Bertz CT molecular complexity index is 308. The number of nitrogens with zero attached hydrogens (tertiary/aromatic N) is 1. The third kappa shape index (κ3) is 9.33. The van der Waals surface area contributed by atoms with Crippen molar-refractivity contribution in [3.8, 4) is 0 Å². The molecule has 4 N–H and O–H groups in total. The molecule has 2 unspecified atom stereocenters. The highest BCUT2D eigenvalue weighted by Crippen LogP contribution is 2.25. The van der Waals surface area contributed by atoms with E-state index in [4.69, 9.17) is 10.9 Å². The Balaban J connectivity index is 4.21. The van der Waals surface area contributed by atoms with Gasteiger partial charge in [0.05, 0.1) is 0 Å². The normalized spacial score (nSPS) is 15.9. The molecule has 0 aliphatic carbocycles. The minimum absolute atomic E-state index is 0.0364. The van der Waals surface area contributed by atoms with Gasteiger partial charge in [0.15, 0.2) is 0 Å². The summed E-state index contributed by atoms with van der Waals surface area (Å²) in [5.41, 5.74) is 5.69. The average Bonchev–Trinajstić information content (AvgIpc) is 2.24. The highest BCUT2D eigenvalue weighted by Gasteiger charge is 2.19. The quantitative estimate of drug-likeness (QED) is 0.288. The minimum Gasteiger partial charge on any atom is -0.409 e. The Hall–Kier alpha value is -1.26. The maximum absolute atomic E-state index is 11.9. The van der Waals surface area contributed by atoms with Crippen molar-refractivity contribution in [1.29, 1.82) is 0 Å². The van der Waals surface area contributed by atoms with E-state index in [-0.39, 0.29) is 23.2 Å². The molecule has 1 amide bonds. The van der Waals surface area contributed by atoms with Gasteiger partial charge in [0.1, 0.15) is 5.84 Å². The first-order valence-electron chi connectivity index (χ1n) is 6.93. The Morgan fingerprint density at radius 3 is 2.37 bits per heavy atom. The molecule has 0 aliphatic heterocycles. The predicted molar refractivity (Wildman–Crippen MR) is 78.1 cm³/mol. The van der Waals surface area contributed by atoms with Crippen LogP contribution < -0.4 is 11.1 Å². The molecule has 0 rings (SSSR count). The van der Waals surface area contributed by atoms with Crippen molar-refractivity contribution in [3.05, 3.63) is 0 Å². The molecule has 0 spiro atoms. The molecule has 0 saturated carbocycles. The summed E-state index contributed by atoms with van der Waals surface area (Å²) in [6.45, 7) is 10.6. The molecule has 5 heteroatoms. The van der Waals surface area contributed by atoms with Crippen LogP contribution in [-0.2, 0) is 4.79 Å². The number of nitrogens with one attached hydrogen (secondary N) is 1. The topological polar surface area (TPSA) is 87.7 Å². The van der Waals surface area contributed by atoms with Crippen LogP contribution in [0.4, 0.5) is 0 Å². The second-order valence-electron chi connectivity index (χ2n) is 6.54. The van der Waals surface area contributed by atoms with Crippen LogP contribution in [0, 0.1) is 11.3 Å². The lowest BCUT2D eigenvalue weighted by Gasteiger charge is -2.24. The third-order valence-corrected chi connectivity index (χ3v) is 2.94. The number of hydrogen-bond donors (Lipinski definition) is 3. The van der Waals surface area contributed by atoms with Crippen molar-refractivity contribution in [2.75, 3.05) is 0 Å². The lowest BCUT2D eigenvalue weighted by molar-refractivity contribution is -0.122. The van der Waals surface area contributed by atoms with Gasteiger partial charge in [0.25, 0.3) is 0 Å². The van der Waals surface area contributed by atoms with Crippen molar-refractivity contribution in [2.24, 2.45) is 22.2 Å². The van der Waals surface area contributed by atoms with Gasteiger partial charge in [-0.3, -0.25) is 4.79 Å². The van der Waals surface area contributed by atoms with Crippen molar-refractivity contribution in [3.63, 3.8) is 0 Å². The van der Waals surface area contributed by atoms with Gasteiger partial charge in [0.2, 0.25) is 5.91 Å². The van der Waals surface area contributed by atoms with E-state index in [1.807, 2.05) is 6.92 Å². The van der Waals surface area contributed by atoms with E-state index in [1.165, 1.54) is 0 Å². The van der Waals surface area contributed by atoms with E-state index in [9.17, 15) is 4.79 Å². The molecule has 5 nitrogen and oxygen atoms in total. The van der Waals surface area contributed by atoms with Crippen LogP contribution in [0.5, 0.6) is 0 Å². The molecular formula is C14H29N3O2. The second-order valence-corrected chi connectivity index (χ2v) is 6.54. The number of nitrogens with two attached hydrogens (primary N) is 1. The molecule has 0 aromatic heterocycles. The average molecular weight is 271 g/mol. The van der Waals surface area contributed by atoms with Crippen LogP contribution in [-0.4, -0.2) is 23.0 Å². The summed E-state index contributed by atoms with van der Waals surface area (Å²) >= 11 is 0. The minimum atomic E-state index is -0.0646. The number of amidine groups is 1. The Morgan fingerprint density at radius 1 is 1.37 bits per heavy atom. The molecule has 19 heavy (non-hydrogen) atoms. The monoisotopic (exact) mass is 271 g/mol. The summed E-state index contributed by atoms with van der Waals surface area (Å²) in [5.74, 6) is 0.533. The number of hydrogen-bond acceptors (Lipinski definition) is 3. The Kier molecular flexibility index (Phi) is 7.49. The molecule has 0 aromatic carbocycles. The maximum Gasteiger partial charge on any atom is 0.220 e. The fourth-order valence-electron chi connectivity index (χ4n) is 2.31. The van der Waals surface area contributed by atoms with Crippen molar-refractivity contribution in [2.45, 2.75) is 66.3 Å². The van der Waals surface area contributed by atoms with Gasteiger partial charge in [-0.25, -0.2) is 0 Å². The van der Waals surface area contributed by atoms with E-state index in [0.29, 0.717) is 18.8 Å². The molecule has 0 radical (unpaired) electrons. The first-order valence-corrected chi connectivity index (χ1v) is 6.93. The molecule has 0 aromatic rings. The summed E-state index contributed by atoms with van der Waals surface area (Å²) in [5, 5.41) is 14.4. The lowest BCUT2D eigenvalue weighted by Crippen LogP contribution is -2.38. The maximum atomic E-state index is 11.9. The number of amides is 1. The Labute approximate surface area is 116 Å². The summed E-state index contributed by atoms with van der Waals surface area (Å²) in [4.78, 5) is 11.9.